The third kappa shape index (κ3) is 5.38. The summed E-state index contributed by atoms with van der Waals surface area (Å²) in [6.45, 7) is 7.16. The van der Waals surface area contributed by atoms with Crippen molar-refractivity contribution < 1.29 is 23.2 Å². The zero-order valence-corrected chi connectivity index (χ0v) is 15.0. The summed E-state index contributed by atoms with van der Waals surface area (Å²) < 4.78 is 22.5. The second-order valence-electron chi connectivity index (χ2n) is 5.43. The largest absolute Gasteiger partial charge is 0.396 e. The van der Waals surface area contributed by atoms with Crippen molar-refractivity contribution in [2.24, 2.45) is 11.8 Å². The van der Waals surface area contributed by atoms with E-state index in [0.29, 0.717) is 5.56 Å². The molecule has 0 aliphatic rings. The first-order valence-electron chi connectivity index (χ1n) is 7.87. The Labute approximate surface area is 137 Å². The molecule has 5 nitrogen and oxygen atoms in total. The van der Waals surface area contributed by atoms with Gasteiger partial charge >= 0.3 is 7.60 Å². The molecule has 6 heteroatoms. The molecule has 1 rings (SSSR count). The first-order valence-corrected chi connectivity index (χ1v) is 9.41. The molecule has 0 amide bonds. The van der Waals surface area contributed by atoms with Gasteiger partial charge in [-0.1, -0.05) is 44.2 Å². The molecule has 128 valence electrons. The molecule has 0 fully saturated rings. The summed E-state index contributed by atoms with van der Waals surface area (Å²) in [5.74, 6) is -0.656. The zero-order chi connectivity index (χ0) is 17.5. The number of ketones is 1. The van der Waals surface area contributed by atoms with Crippen LogP contribution in [0.25, 0.3) is 0 Å². The fourth-order valence-corrected chi connectivity index (χ4v) is 3.76. The van der Waals surface area contributed by atoms with Crippen molar-refractivity contribution in [3.8, 4) is 0 Å². The van der Waals surface area contributed by atoms with Crippen LogP contribution < -0.4 is 0 Å². The lowest BCUT2D eigenvalue weighted by Gasteiger charge is -2.21. The Kier molecular flexibility index (Phi) is 7.83. The molecular weight excluding hydrogens is 315 g/mol. The maximum Gasteiger partial charge on any atom is 0.396 e. The summed E-state index contributed by atoms with van der Waals surface area (Å²) in [5.41, 5.74) is 0.0403. The summed E-state index contributed by atoms with van der Waals surface area (Å²) in [6, 6.07) is 8.94. The third-order valence-electron chi connectivity index (χ3n) is 3.73. The minimum Gasteiger partial charge on any atom is -0.303 e. The maximum absolute atomic E-state index is 12.4. The van der Waals surface area contributed by atoms with E-state index < -0.39 is 13.1 Å². The number of benzene rings is 1. The van der Waals surface area contributed by atoms with Gasteiger partial charge in [-0.3, -0.25) is 14.2 Å². The average molecular weight is 340 g/mol. The summed E-state index contributed by atoms with van der Waals surface area (Å²) >= 11 is 0. The lowest BCUT2D eigenvalue weighted by Crippen LogP contribution is -2.22. The molecule has 0 spiro atoms. The monoisotopic (exact) mass is 340 g/mol. The Bertz CT molecular complexity index is 560. The Hall–Kier alpha value is -1.29. The first kappa shape index (κ1) is 19.8. The fourth-order valence-electron chi connectivity index (χ4n) is 2.21. The normalized spacial score (nSPS) is 14.3. The van der Waals surface area contributed by atoms with E-state index in [0.717, 1.165) is 0 Å². The van der Waals surface area contributed by atoms with Gasteiger partial charge in [0.05, 0.1) is 13.2 Å². The molecule has 0 aromatic heterocycles. The van der Waals surface area contributed by atoms with Crippen LogP contribution in [-0.4, -0.2) is 24.5 Å². The number of carbonyl (C=O) groups is 2. The first-order chi connectivity index (χ1) is 10.9. The Morgan fingerprint density at radius 2 is 1.57 bits per heavy atom. The van der Waals surface area contributed by atoms with Crippen LogP contribution in [0.1, 0.15) is 44.5 Å². The molecule has 0 unspecified atom stereocenters. The SMILES string of the molecule is CCOP(=O)(OCC)C(=O)C[C@H](C)[C@H](C)C(=O)c1ccccc1. The van der Waals surface area contributed by atoms with E-state index in [1.165, 1.54) is 0 Å². The highest BCUT2D eigenvalue weighted by Gasteiger charge is 2.36. The second-order valence-corrected chi connectivity index (χ2v) is 7.44. The van der Waals surface area contributed by atoms with E-state index in [2.05, 4.69) is 0 Å². The summed E-state index contributed by atoms with van der Waals surface area (Å²) in [7, 11) is -3.76. The molecule has 23 heavy (non-hydrogen) atoms. The molecule has 0 bridgehead atoms. The molecule has 0 saturated carbocycles. The number of Topliss-reactive ketones (excluding diaryl/α,β-unsaturated/α-hetero) is 1. The van der Waals surface area contributed by atoms with Crippen LogP contribution in [-0.2, 0) is 18.4 Å². The average Bonchev–Trinajstić information content (AvgIpc) is 2.54. The van der Waals surface area contributed by atoms with Gasteiger partial charge in [0.2, 0.25) is 5.52 Å². The topological polar surface area (TPSA) is 69.7 Å². The van der Waals surface area contributed by atoms with Gasteiger partial charge in [0.25, 0.3) is 0 Å². The van der Waals surface area contributed by atoms with E-state index >= 15 is 0 Å². The standard InChI is InChI=1S/C17H25O5P/c1-5-21-23(20,22-6-2)16(18)12-13(3)14(4)17(19)15-10-8-7-9-11-15/h7-11,13-14H,5-6,12H2,1-4H3/t13-,14-/m0/s1. The van der Waals surface area contributed by atoms with Gasteiger partial charge in [-0.25, -0.2) is 0 Å². The number of carbonyl (C=O) groups excluding carboxylic acids is 2. The molecule has 2 atom stereocenters. The van der Waals surface area contributed by atoms with Crippen molar-refractivity contribution in [3.63, 3.8) is 0 Å². The molecule has 0 aliphatic heterocycles. The minimum atomic E-state index is -3.76. The molecule has 1 aromatic rings. The van der Waals surface area contributed by atoms with Crippen molar-refractivity contribution in [2.45, 2.75) is 34.1 Å². The number of hydrogen-bond acceptors (Lipinski definition) is 5. The van der Waals surface area contributed by atoms with Gasteiger partial charge in [-0.05, 0) is 19.8 Å². The van der Waals surface area contributed by atoms with Gasteiger partial charge < -0.3 is 9.05 Å². The van der Waals surface area contributed by atoms with Crippen LogP contribution in [0, 0.1) is 11.8 Å². The van der Waals surface area contributed by atoms with Crippen LogP contribution in [0.5, 0.6) is 0 Å². The highest BCUT2D eigenvalue weighted by Crippen LogP contribution is 2.50. The van der Waals surface area contributed by atoms with Crippen LogP contribution in [0.3, 0.4) is 0 Å². The summed E-state index contributed by atoms with van der Waals surface area (Å²) in [5, 5.41) is 0. The van der Waals surface area contributed by atoms with Crippen molar-refractivity contribution in [3.05, 3.63) is 35.9 Å². The van der Waals surface area contributed by atoms with E-state index in [9.17, 15) is 14.2 Å². The van der Waals surface area contributed by atoms with Crippen LogP contribution in [0.4, 0.5) is 0 Å². The van der Waals surface area contributed by atoms with Crippen molar-refractivity contribution in [1.82, 2.24) is 0 Å². The van der Waals surface area contributed by atoms with Gasteiger partial charge in [-0.15, -0.1) is 0 Å². The molecule has 0 N–H and O–H groups in total. The Morgan fingerprint density at radius 3 is 2.04 bits per heavy atom. The van der Waals surface area contributed by atoms with Gasteiger partial charge in [-0.2, -0.15) is 0 Å². The Morgan fingerprint density at radius 1 is 1.04 bits per heavy atom. The number of hydrogen-bond donors (Lipinski definition) is 0. The lowest BCUT2D eigenvalue weighted by atomic mass is 9.87. The predicted octanol–water partition coefficient (Wildman–Crippen LogP) is 4.32. The van der Waals surface area contributed by atoms with Crippen LogP contribution in [0.15, 0.2) is 30.3 Å². The molecule has 0 aliphatic carbocycles. The molecular formula is C17H25O5P. The molecule has 0 heterocycles. The van der Waals surface area contributed by atoms with Crippen molar-refractivity contribution in [1.29, 1.82) is 0 Å². The number of rotatable bonds is 10. The van der Waals surface area contributed by atoms with Gasteiger partial charge in [0, 0.05) is 17.9 Å². The quantitative estimate of drug-likeness (QED) is 0.468. The highest BCUT2D eigenvalue weighted by molar-refractivity contribution is 7.71. The van der Waals surface area contributed by atoms with Crippen molar-refractivity contribution in [2.75, 3.05) is 13.2 Å². The van der Waals surface area contributed by atoms with Gasteiger partial charge in [0.1, 0.15) is 0 Å². The smallest absolute Gasteiger partial charge is 0.303 e. The van der Waals surface area contributed by atoms with E-state index in [1.54, 1.807) is 52.0 Å². The summed E-state index contributed by atoms with van der Waals surface area (Å²) in [4.78, 5) is 24.7. The molecule has 1 aromatic carbocycles. The zero-order valence-electron chi connectivity index (χ0n) is 14.2. The van der Waals surface area contributed by atoms with Crippen LogP contribution in [0.2, 0.25) is 0 Å². The van der Waals surface area contributed by atoms with Crippen LogP contribution >= 0.6 is 7.60 Å². The van der Waals surface area contributed by atoms with E-state index in [4.69, 9.17) is 9.05 Å². The second kappa shape index (κ2) is 9.11. The van der Waals surface area contributed by atoms with E-state index in [-0.39, 0.29) is 37.3 Å². The van der Waals surface area contributed by atoms with Crippen molar-refractivity contribution >= 4 is 18.9 Å². The summed E-state index contributed by atoms with van der Waals surface area (Å²) in [6.07, 6.45) is -0.0168. The van der Waals surface area contributed by atoms with Gasteiger partial charge in [0.15, 0.2) is 5.78 Å². The van der Waals surface area contributed by atoms with E-state index in [1.807, 2.05) is 6.07 Å². The predicted molar refractivity (Wildman–Crippen MR) is 89.6 cm³/mol. The molecule has 0 saturated heterocycles. The molecule has 0 radical (unpaired) electrons. The Balaban J connectivity index is 2.77. The minimum absolute atomic E-state index is 0.0168. The lowest BCUT2D eigenvalue weighted by molar-refractivity contribution is -0.114. The third-order valence-corrected chi connectivity index (χ3v) is 5.72. The highest BCUT2D eigenvalue weighted by atomic mass is 31.2. The fraction of sp³-hybridized carbons (Fsp3) is 0.529. The maximum atomic E-state index is 12.4.